The third-order valence-electron chi connectivity index (χ3n) is 4.68. The second-order valence-electron chi connectivity index (χ2n) is 6.75. The smallest absolute Gasteiger partial charge is 0.286 e. The van der Waals surface area contributed by atoms with Crippen LogP contribution in [0.5, 0.6) is 0 Å². The molecule has 0 aliphatic heterocycles. The minimum atomic E-state index is -0.261. The molecule has 0 spiro atoms. The summed E-state index contributed by atoms with van der Waals surface area (Å²) < 4.78 is 7.04. The molecule has 7 heteroatoms. The minimum Gasteiger partial charge on any atom is -0.459 e. The largest absolute Gasteiger partial charge is 0.459 e. The summed E-state index contributed by atoms with van der Waals surface area (Å²) in [5.74, 6) is 0.847. The molecule has 0 saturated heterocycles. The number of imidazole rings is 1. The van der Waals surface area contributed by atoms with Gasteiger partial charge >= 0.3 is 0 Å². The maximum absolute atomic E-state index is 12.6. The van der Waals surface area contributed by atoms with E-state index in [9.17, 15) is 9.59 Å². The van der Waals surface area contributed by atoms with Crippen LogP contribution in [0.25, 0.3) is 11.0 Å². The number of hydrogen-bond acceptors (Lipinski definition) is 4. The zero-order chi connectivity index (χ0) is 19.9. The Morgan fingerprint density at radius 3 is 2.79 bits per heavy atom. The normalized spacial score (nSPS) is 10.9. The number of likely N-dealkylation sites (N-methyl/N-ethyl adjacent to an activating group) is 1. The molecule has 3 rings (SSSR count). The van der Waals surface area contributed by atoms with Gasteiger partial charge in [-0.25, -0.2) is 4.98 Å². The Morgan fingerprint density at radius 1 is 1.21 bits per heavy atom. The van der Waals surface area contributed by atoms with Crippen molar-refractivity contribution in [3.63, 3.8) is 0 Å². The monoisotopic (exact) mass is 382 g/mol. The molecule has 148 valence electrons. The van der Waals surface area contributed by atoms with Crippen LogP contribution < -0.4 is 5.32 Å². The number of carbonyl (C=O) groups excluding carboxylic acids is 2. The summed E-state index contributed by atoms with van der Waals surface area (Å²) in [6.45, 7) is 3.50. The number of nitrogens with zero attached hydrogens (tertiary/aromatic N) is 3. The molecular weight excluding hydrogens is 356 g/mol. The van der Waals surface area contributed by atoms with Gasteiger partial charge in [0.05, 0.1) is 17.3 Å². The van der Waals surface area contributed by atoms with E-state index < -0.39 is 0 Å². The van der Waals surface area contributed by atoms with E-state index in [2.05, 4.69) is 17.2 Å². The average molecular weight is 382 g/mol. The number of nitrogens with one attached hydrogen (secondary N) is 1. The van der Waals surface area contributed by atoms with Gasteiger partial charge in [0.1, 0.15) is 12.4 Å². The number of unbranched alkanes of at least 4 members (excludes halogenated alkanes) is 1. The van der Waals surface area contributed by atoms with Crippen molar-refractivity contribution in [1.29, 1.82) is 0 Å². The van der Waals surface area contributed by atoms with Crippen molar-refractivity contribution in [2.24, 2.45) is 0 Å². The molecule has 1 N–H and O–H groups in total. The van der Waals surface area contributed by atoms with Gasteiger partial charge in [0.25, 0.3) is 5.91 Å². The molecule has 1 aromatic carbocycles. The summed E-state index contributed by atoms with van der Waals surface area (Å²) in [4.78, 5) is 31.1. The Bertz CT molecular complexity index is 930. The van der Waals surface area contributed by atoms with Crippen molar-refractivity contribution in [3.8, 4) is 0 Å². The average Bonchev–Trinajstić information content (AvgIpc) is 3.35. The number of amides is 2. The van der Waals surface area contributed by atoms with Crippen LogP contribution in [0.4, 0.5) is 0 Å². The van der Waals surface area contributed by atoms with Crippen LogP contribution >= 0.6 is 0 Å². The van der Waals surface area contributed by atoms with Crippen LogP contribution in [-0.4, -0.2) is 46.4 Å². The SMILES string of the molecule is CCCCN(C)C(=O)Cn1c(CCNC(=O)c2ccco2)nc2ccccc21. The van der Waals surface area contributed by atoms with Gasteiger partial charge in [-0.15, -0.1) is 0 Å². The Balaban J connectivity index is 1.71. The first-order chi connectivity index (χ1) is 13.6. The fourth-order valence-electron chi connectivity index (χ4n) is 3.05. The summed E-state index contributed by atoms with van der Waals surface area (Å²) in [5.41, 5.74) is 1.77. The second-order valence-corrected chi connectivity index (χ2v) is 6.75. The van der Waals surface area contributed by atoms with Crippen molar-refractivity contribution in [2.45, 2.75) is 32.7 Å². The van der Waals surface area contributed by atoms with Crippen molar-refractivity contribution >= 4 is 22.8 Å². The molecule has 0 unspecified atom stereocenters. The van der Waals surface area contributed by atoms with Gasteiger partial charge in [0.2, 0.25) is 5.91 Å². The quantitative estimate of drug-likeness (QED) is 0.617. The lowest BCUT2D eigenvalue weighted by molar-refractivity contribution is -0.130. The van der Waals surface area contributed by atoms with E-state index in [0.29, 0.717) is 13.0 Å². The van der Waals surface area contributed by atoms with Gasteiger partial charge in [0.15, 0.2) is 5.76 Å². The molecule has 0 aliphatic carbocycles. The van der Waals surface area contributed by atoms with Crippen LogP contribution in [-0.2, 0) is 17.8 Å². The molecule has 2 amide bonds. The van der Waals surface area contributed by atoms with E-state index in [1.165, 1.54) is 6.26 Å². The van der Waals surface area contributed by atoms with E-state index in [1.807, 2.05) is 35.9 Å². The Morgan fingerprint density at radius 2 is 2.04 bits per heavy atom. The second kappa shape index (κ2) is 9.21. The summed E-state index contributed by atoms with van der Waals surface area (Å²) >= 11 is 0. The molecule has 2 heterocycles. The van der Waals surface area contributed by atoms with Crippen molar-refractivity contribution in [2.75, 3.05) is 20.1 Å². The molecule has 0 bridgehead atoms. The van der Waals surface area contributed by atoms with Gasteiger partial charge in [-0.05, 0) is 30.7 Å². The number of carbonyl (C=O) groups is 2. The zero-order valence-electron chi connectivity index (χ0n) is 16.4. The lowest BCUT2D eigenvalue weighted by Gasteiger charge is -2.18. The molecule has 0 saturated carbocycles. The van der Waals surface area contributed by atoms with E-state index >= 15 is 0 Å². The lowest BCUT2D eigenvalue weighted by Crippen LogP contribution is -2.32. The molecule has 2 aromatic heterocycles. The summed E-state index contributed by atoms with van der Waals surface area (Å²) in [6.07, 6.45) is 4.02. The first kappa shape index (κ1) is 19.7. The molecule has 0 aliphatic rings. The maximum atomic E-state index is 12.6. The zero-order valence-corrected chi connectivity index (χ0v) is 16.4. The van der Waals surface area contributed by atoms with Gasteiger partial charge < -0.3 is 19.2 Å². The fourth-order valence-corrected chi connectivity index (χ4v) is 3.05. The summed E-state index contributed by atoms with van der Waals surface area (Å²) in [6, 6.07) is 11.1. The highest BCUT2D eigenvalue weighted by Crippen LogP contribution is 2.17. The standard InChI is InChI=1S/C21H26N4O3/c1-3-4-13-24(2)20(26)15-25-17-9-6-5-8-16(17)23-19(25)11-12-22-21(27)18-10-7-14-28-18/h5-10,14H,3-4,11-13,15H2,1-2H3,(H,22,27). The Hall–Kier alpha value is -3.09. The molecule has 0 radical (unpaired) electrons. The summed E-state index contributed by atoms with van der Waals surface area (Å²) in [7, 11) is 1.83. The number of aromatic nitrogens is 2. The van der Waals surface area contributed by atoms with Crippen LogP contribution in [0.3, 0.4) is 0 Å². The topological polar surface area (TPSA) is 80.4 Å². The predicted molar refractivity (Wildman–Crippen MR) is 107 cm³/mol. The first-order valence-corrected chi connectivity index (χ1v) is 9.60. The van der Waals surface area contributed by atoms with E-state index in [4.69, 9.17) is 4.42 Å². The first-order valence-electron chi connectivity index (χ1n) is 9.60. The molecular formula is C21H26N4O3. The van der Waals surface area contributed by atoms with Crippen molar-refractivity contribution < 1.29 is 14.0 Å². The van der Waals surface area contributed by atoms with Crippen LogP contribution in [0.1, 0.15) is 36.1 Å². The van der Waals surface area contributed by atoms with Crippen molar-refractivity contribution in [1.82, 2.24) is 19.8 Å². The lowest BCUT2D eigenvalue weighted by atomic mass is 10.3. The third-order valence-corrected chi connectivity index (χ3v) is 4.68. The van der Waals surface area contributed by atoms with Crippen LogP contribution in [0.15, 0.2) is 47.1 Å². The Labute approximate surface area is 164 Å². The van der Waals surface area contributed by atoms with Crippen molar-refractivity contribution in [3.05, 3.63) is 54.2 Å². The number of para-hydroxylation sites is 2. The minimum absolute atomic E-state index is 0.0532. The number of fused-ring (bicyclic) bond motifs is 1. The number of hydrogen-bond donors (Lipinski definition) is 1. The molecule has 28 heavy (non-hydrogen) atoms. The van der Waals surface area contributed by atoms with Gasteiger partial charge in [0, 0.05) is 26.6 Å². The predicted octanol–water partition coefficient (Wildman–Crippen LogP) is 2.86. The molecule has 7 nitrogen and oxygen atoms in total. The van der Waals surface area contributed by atoms with E-state index in [1.54, 1.807) is 17.0 Å². The van der Waals surface area contributed by atoms with Gasteiger partial charge in [-0.2, -0.15) is 0 Å². The highest BCUT2D eigenvalue weighted by Gasteiger charge is 2.16. The van der Waals surface area contributed by atoms with Gasteiger partial charge in [-0.3, -0.25) is 9.59 Å². The van der Waals surface area contributed by atoms with E-state index in [-0.39, 0.29) is 24.1 Å². The maximum Gasteiger partial charge on any atom is 0.286 e. The fraction of sp³-hybridized carbons (Fsp3) is 0.381. The van der Waals surface area contributed by atoms with Crippen LogP contribution in [0, 0.1) is 0 Å². The molecule has 0 atom stereocenters. The molecule has 3 aromatic rings. The Kier molecular flexibility index (Phi) is 6.47. The van der Waals surface area contributed by atoms with E-state index in [0.717, 1.165) is 36.2 Å². The number of benzene rings is 1. The molecule has 0 fully saturated rings. The highest BCUT2D eigenvalue weighted by atomic mass is 16.3. The highest BCUT2D eigenvalue weighted by molar-refractivity contribution is 5.91. The van der Waals surface area contributed by atoms with Gasteiger partial charge in [-0.1, -0.05) is 25.5 Å². The van der Waals surface area contributed by atoms with Crippen LogP contribution in [0.2, 0.25) is 0 Å². The third kappa shape index (κ3) is 4.60. The number of rotatable bonds is 9. The number of furan rings is 1. The summed E-state index contributed by atoms with van der Waals surface area (Å²) in [5, 5.41) is 2.83.